The molecule has 1 fully saturated rings. The standard InChI is InChI=1S/C20H23NO/c1-12-5-13(2)8-16(7-12)18-11-21-20(22)19(18)17-9-14(3)6-15(4)10-17/h5-10,18-19H,11H2,1-4H3,(H,21,22). The van der Waals surface area contributed by atoms with Crippen molar-refractivity contribution in [3.8, 4) is 0 Å². The lowest BCUT2D eigenvalue weighted by Crippen LogP contribution is -2.18. The van der Waals surface area contributed by atoms with Crippen molar-refractivity contribution < 1.29 is 4.79 Å². The molecule has 1 aliphatic heterocycles. The molecule has 0 saturated carbocycles. The van der Waals surface area contributed by atoms with E-state index in [1.54, 1.807) is 0 Å². The minimum atomic E-state index is -0.0835. The predicted molar refractivity (Wildman–Crippen MR) is 90.3 cm³/mol. The molecule has 1 aliphatic rings. The molecule has 2 aromatic rings. The van der Waals surface area contributed by atoms with Gasteiger partial charge in [0.2, 0.25) is 5.91 Å². The first kappa shape index (κ1) is 14.8. The molecule has 2 aromatic carbocycles. The van der Waals surface area contributed by atoms with E-state index in [0.717, 1.165) is 12.1 Å². The molecule has 2 atom stereocenters. The number of carbonyl (C=O) groups is 1. The van der Waals surface area contributed by atoms with Gasteiger partial charge in [0.1, 0.15) is 0 Å². The fraction of sp³-hybridized carbons (Fsp3) is 0.350. The van der Waals surface area contributed by atoms with Gasteiger partial charge in [-0.1, -0.05) is 58.7 Å². The topological polar surface area (TPSA) is 29.1 Å². The van der Waals surface area contributed by atoms with Gasteiger partial charge in [-0.05, 0) is 38.8 Å². The number of rotatable bonds is 2. The molecule has 3 rings (SSSR count). The van der Waals surface area contributed by atoms with Gasteiger partial charge < -0.3 is 5.32 Å². The Labute approximate surface area is 132 Å². The van der Waals surface area contributed by atoms with E-state index in [9.17, 15) is 4.79 Å². The number of carbonyl (C=O) groups excluding carboxylic acids is 1. The molecule has 0 radical (unpaired) electrons. The molecule has 2 heteroatoms. The summed E-state index contributed by atoms with van der Waals surface area (Å²) in [6, 6.07) is 13.1. The van der Waals surface area contributed by atoms with E-state index >= 15 is 0 Å². The zero-order valence-electron chi connectivity index (χ0n) is 13.7. The Kier molecular flexibility index (Phi) is 3.78. The van der Waals surface area contributed by atoms with Gasteiger partial charge in [0, 0.05) is 12.5 Å². The quantitative estimate of drug-likeness (QED) is 0.893. The zero-order valence-corrected chi connectivity index (χ0v) is 13.7. The lowest BCUT2D eigenvalue weighted by molar-refractivity contribution is -0.120. The van der Waals surface area contributed by atoms with Crippen LogP contribution in [-0.2, 0) is 4.79 Å². The van der Waals surface area contributed by atoms with Crippen LogP contribution < -0.4 is 5.32 Å². The number of hydrogen-bond acceptors (Lipinski definition) is 1. The Morgan fingerprint density at radius 2 is 1.23 bits per heavy atom. The summed E-state index contributed by atoms with van der Waals surface area (Å²) in [5, 5.41) is 3.06. The normalized spacial score (nSPS) is 21.0. The van der Waals surface area contributed by atoms with Crippen molar-refractivity contribution in [2.75, 3.05) is 6.54 Å². The minimum Gasteiger partial charge on any atom is -0.355 e. The summed E-state index contributed by atoms with van der Waals surface area (Å²) in [7, 11) is 0. The van der Waals surface area contributed by atoms with Crippen LogP contribution in [0, 0.1) is 27.7 Å². The maximum Gasteiger partial charge on any atom is 0.228 e. The molecular formula is C20H23NO. The largest absolute Gasteiger partial charge is 0.355 e. The zero-order chi connectivity index (χ0) is 15.9. The maximum atomic E-state index is 12.4. The molecule has 1 saturated heterocycles. The van der Waals surface area contributed by atoms with Crippen molar-refractivity contribution >= 4 is 5.91 Å². The Morgan fingerprint density at radius 1 is 0.773 bits per heavy atom. The number of benzene rings is 2. The van der Waals surface area contributed by atoms with Crippen LogP contribution in [0.2, 0.25) is 0 Å². The Morgan fingerprint density at radius 3 is 1.73 bits per heavy atom. The highest BCUT2D eigenvalue weighted by Crippen LogP contribution is 2.38. The number of hydrogen-bond donors (Lipinski definition) is 1. The van der Waals surface area contributed by atoms with Gasteiger partial charge in [-0.25, -0.2) is 0 Å². The molecule has 114 valence electrons. The minimum absolute atomic E-state index is 0.0835. The van der Waals surface area contributed by atoms with Gasteiger partial charge in [0.25, 0.3) is 0 Å². The van der Waals surface area contributed by atoms with Gasteiger partial charge in [0.15, 0.2) is 0 Å². The molecule has 1 N–H and O–H groups in total. The van der Waals surface area contributed by atoms with Crippen LogP contribution >= 0.6 is 0 Å². The summed E-state index contributed by atoms with van der Waals surface area (Å²) >= 11 is 0. The van der Waals surface area contributed by atoms with Crippen molar-refractivity contribution in [2.45, 2.75) is 39.5 Å². The summed E-state index contributed by atoms with van der Waals surface area (Å²) < 4.78 is 0. The van der Waals surface area contributed by atoms with Crippen LogP contribution in [-0.4, -0.2) is 12.5 Å². The molecule has 0 spiro atoms. The molecule has 0 bridgehead atoms. The molecule has 0 aromatic heterocycles. The molecule has 0 aliphatic carbocycles. The van der Waals surface area contributed by atoms with Crippen LogP contribution in [0.4, 0.5) is 0 Å². The van der Waals surface area contributed by atoms with E-state index < -0.39 is 0 Å². The van der Waals surface area contributed by atoms with E-state index in [1.165, 1.54) is 27.8 Å². The van der Waals surface area contributed by atoms with Crippen molar-refractivity contribution in [1.29, 1.82) is 0 Å². The molecule has 2 unspecified atom stereocenters. The van der Waals surface area contributed by atoms with Crippen molar-refractivity contribution in [3.05, 3.63) is 69.8 Å². The Balaban J connectivity index is 2.05. The van der Waals surface area contributed by atoms with Crippen LogP contribution in [0.3, 0.4) is 0 Å². The second-order valence-corrected chi connectivity index (χ2v) is 6.67. The van der Waals surface area contributed by atoms with E-state index in [0.29, 0.717) is 0 Å². The number of amides is 1. The second kappa shape index (κ2) is 5.60. The number of aryl methyl sites for hydroxylation is 4. The highest BCUT2D eigenvalue weighted by atomic mass is 16.2. The van der Waals surface area contributed by atoms with E-state index in [4.69, 9.17) is 0 Å². The van der Waals surface area contributed by atoms with Gasteiger partial charge in [-0.2, -0.15) is 0 Å². The molecular weight excluding hydrogens is 270 g/mol. The smallest absolute Gasteiger partial charge is 0.228 e. The first-order valence-corrected chi connectivity index (χ1v) is 7.88. The monoisotopic (exact) mass is 293 g/mol. The van der Waals surface area contributed by atoms with Gasteiger partial charge in [-0.15, -0.1) is 0 Å². The average molecular weight is 293 g/mol. The first-order chi connectivity index (χ1) is 10.4. The fourth-order valence-corrected chi connectivity index (χ4v) is 3.73. The van der Waals surface area contributed by atoms with Crippen molar-refractivity contribution in [2.24, 2.45) is 0 Å². The molecule has 22 heavy (non-hydrogen) atoms. The van der Waals surface area contributed by atoms with Gasteiger partial charge in [0.05, 0.1) is 5.92 Å². The van der Waals surface area contributed by atoms with Crippen molar-refractivity contribution in [3.63, 3.8) is 0 Å². The third-order valence-electron chi connectivity index (χ3n) is 4.46. The predicted octanol–water partition coefficient (Wildman–Crippen LogP) is 3.92. The van der Waals surface area contributed by atoms with Crippen LogP contribution in [0.15, 0.2) is 36.4 Å². The highest BCUT2D eigenvalue weighted by Gasteiger charge is 2.37. The molecule has 2 nitrogen and oxygen atoms in total. The third kappa shape index (κ3) is 2.78. The summed E-state index contributed by atoms with van der Waals surface area (Å²) in [4.78, 5) is 12.4. The third-order valence-corrected chi connectivity index (χ3v) is 4.46. The van der Waals surface area contributed by atoms with Gasteiger partial charge >= 0.3 is 0 Å². The molecule has 1 amide bonds. The van der Waals surface area contributed by atoms with E-state index in [-0.39, 0.29) is 17.7 Å². The molecule has 1 heterocycles. The fourth-order valence-electron chi connectivity index (χ4n) is 3.73. The Bertz CT molecular complexity index is 692. The van der Waals surface area contributed by atoms with Crippen LogP contribution in [0.1, 0.15) is 45.2 Å². The first-order valence-electron chi connectivity index (χ1n) is 7.88. The summed E-state index contributed by atoms with van der Waals surface area (Å²) in [5.74, 6) is 0.279. The van der Waals surface area contributed by atoms with E-state index in [1.807, 2.05) is 0 Å². The average Bonchev–Trinajstić information content (AvgIpc) is 2.78. The maximum absolute atomic E-state index is 12.4. The Hall–Kier alpha value is -2.09. The number of nitrogens with one attached hydrogen (secondary N) is 1. The second-order valence-electron chi connectivity index (χ2n) is 6.67. The summed E-state index contributed by atoms with van der Waals surface area (Å²) in [5.41, 5.74) is 7.35. The highest BCUT2D eigenvalue weighted by molar-refractivity contribution is 5.87. The van der Waals surface area contributed by atoms with Gasteiger partial charge in [-0.3, -0.25) is 4.79 Å². The SMILES string of the molecule is Cc1cc(C)cc(C2CNC(=O)C2c2cc(C)cc(C)c2)c1. The lowest BCUT2D eigenvalue weighted by atomic mass is 9.82. The lowest BCUT2D eigenvalue weighted by Gasteiger charge is -2.19. The van der Waals surface area contributed by atoms with E-state index in [2.05, 4.69) is 69.4 Å². The summed E-state index contributed by atoms with van der Waals surface area (Å²) in [6.45, 7) is 9.14. The van der Waals surface area contributed by atoms with Crippen LogP contribution in [0.25, 0.3) is 0 Å². The summed E-state index contributed by atoms with van der Waals surface area (Å²) in [6.07, 6.45) is 0. The van der Waals surface area contributed by atoms with Crippen LogP contribution in [0.5, 0.6) is 0 Å². The van der Waals surface area contributed by atoms with Crippen molar-refractivity contribution in [1.82, 2.24) is 5.32 Å².